The number of unbranched alkanes of at least 4 members (excludes halogenated alkanes) is 4. The van der Waals surface area contributed by atoms with Crippen molar-refractivity contribution in [3.8, 4) is 11.5 Å². The van der Waals surface area contributed by atoms with E-state index in [0.717, 1.165) is 17.7 Å². The molecule has 0 unspecified atom stereocenters. The smallest absolute Gasteiger partial charge is 0.263 e. The lowest BCUT2D eigenvalue weighted by molar-refractivity contribution is -0.115. The summed E-state index contributed by atoms with van der Waals surface area (Å²) in [7, 11) is 1.62. The van der Waals surface area contributed by atoms with E-state index in [0.29, 0.717) is 21.6 Å². The van der Waals surface area contributed by atoms with E-state index < -0.39 is 0 Å². The Labute approximate surface area is 153 Å². The third-order valence-electron chi connectivity index (χ3n) is 3.63. The third-order valence-corrected chi connectivity index (χ3v) is 4.80. The zero-order valence-electron chi connectivity index (χ0n) is 14.1. The Kier molecular flexibility index (Phi) is 7.59. The molecule has 0 aromatic heterocycles. The number of hydrogen-bond donors (Lipinski definition) is 1. The maximum absolute atomic E-state index is 11.7. The first-order valence-electron chi connectivity index (χ1n) is 8.19. The van der Waals surface area contributed by atoms with Gasteiger partial charge in [-0.15, -0.1) is 0 Å². The number of methoxy groups -OCH3 is 1. The molecule has 1 fully saturated rings. The Balaban J connectivity index is 1.96. The topological polar surface area (TPSA) is 47.6 Å². The van der Waals surface area contributed by atoms with Gasteiger partial charge in [0.1, 0.15) is 4.32 Å². The molecule has 1 heterocycles. The summed E-state index contributed by atoms with van der Waals surface area (Å²) in [6.45, 7) is 2.90. The summed E-state index contributed by atoms with van der Waals surface area (Å²) in [5.74, 6) is 1.24. The number of ether oxygens (including phenoxy) is 2. The van der Waals surface area contributed by atoms with E-state index in [1.165, 1.54) is 37.4 Å². The van der Waals surface area contributed by atoms with Crippen molar-refractivity contribution in [2.24, 2.45) is 0 Å². The number of benzene rings is 1. The van der Waals surface area contributed by atoms with Crippen LogP contribution in [0.2, 0.25) is 0 Å². The number of thiocarbonyl (C=S) groups is 1. The molecule has 1 saturated heterocycles. The van der Waals surface area contributed by atoms with Crippen LogP contribution in [-0.2, 0) is 4.79 Å². The van der Waals surface area contributed by atoms with Crippen molar-refractivity contribution in [2.75, 3.05) is 13.7 Å². The van der Waals surface area contributed by atoms with Gasteiger partial charge >= 0.3 is 0 Å². The van der Waals surface area contributed by atoms with Gasteiger partial charge < -0.3 is 14.8 Å². The Hall–Kier alpha value is -1.53. The highest BCUT2D eigenvalue weighted by Gasteiger charge is 2.22. The molecule has 1 aliphatic rings. The molecule has 0 atom stereocenters. The van der Waals surface area contributed by atoms with E-state index in [1.807, 2.05) is 18.2 Å². The minimum atomic E-state index is -0.156. The maximum atomic E-state index is 11.7. The Morgan fingerprint density at radius 3 is 2.67 bits per heavy atom. The van der Waals surface area contributed by atoms with Crippen molar-refractivity contribution in [3.63, 3.8) is 0 Å². The number of carbonyl (C=O) groups is 1. The summed E-state index contributed by atoms with van der Waals surface area (Å²) in [5.41, 5.74) is 0.879. The summed E-state index contributed by atoms with van der Waals surface area (Å²) < 4.78 is 11.7. The standard InChI is InChI=1S/C18H23NO3S2/c1-3-4-5-6-7-10-22-14-9-8-13(11-15(14)21-2)12-16-17(20)19-18(23)24-16/h8-9,11-12H,3-7,10H2,1-2H3,(H,19,20,23). The van der Waals surface area contributed by atoms with Gasteiger partial charge in [-0.25, -0.2) is 0 Å². The molecular weight excluding hydrogens is 342 g/mol. The first-order valence-corrected chi connectivity index (χ1v) is 9.42. The Bertz CT molecular complexity index is 629. The monoisotopic (exact) mass is 365 g/mol. The molecule has 1 amide bonds. The largest absolute Gasteiger partial charge is 0.493 e. The molecular formula is C18H23NO3S2. The van der Waals surface area contributed by atoms with E-state index in [4.69, 9.17) is 21.7 Å². The number of amides is 1. The second-order valence-corrected chi connectivity index (χ2v) is 7.24. The summed E-state index contributed by atoms with van der Waals surface area (Å²) >= 11 is 6.26. The Morgan fingerprint density at radius 2 is 2.00 bits per heavy atom. The molecule has 0 bridgehead atoms. The molecule has 1 aromatic carbocycles. The van der Waals surface area contributed by atoms with Gasteiger partial charge in [-0.1, -0.05) is 62.7 Å². The average Bonchev–Trinajstić information content (AvgIpc) is 2.89. The highest BCUT2D eigenvalue weighted by molar-refractivity contribution is 8.26. The summed E-state index contributed by atoms with van der Waals surface area (Å²) in [6, 6.07) is 5.67. The molecule has 0 aliphatic carbocycles. The van der Waals surface area contributed by atoms with Crippen molar-refractivity contribution in [3.05, 3.63) is 28.7 Å². The summed E-state index contributed by atoms with van der Waals surface area (Å²) in [6.07, 6.45) is 7.81. The predicted molar refractivity (Wildman–Crippen MR) is 104 cm³/mol. The first kappa shape index (κ1) is 18.8. The van der Waals surface area contributed by atoms with Gasteiger partial charge in [0.25, 0.3) is 5.91 Å². The van der Waals surface area contributed by atoms with Gasteiger partial charge in [0.15, 0.2) is 11.5 Å². The van der Waals surface area contributed by atoms with E-state index in [-0.39, 0.29) is 5.91 Å². The maximum Gasteiger partial charge on any atom is 0.263 e. The molecule has 0 saturated carbocycles. The number of thioether (sulfide) groups is 1. The lowest BCUT2D eigenvalue weighted by atomic mass is 10.1. The summed E-state index contributed by atoms with van der Waals surface area (Å²) in [5, 5.41) is 2.61. The van der Waals surface area contributed by atoms with Crippen molar-refractivity contribution >= 4 is 40.3 Å². The molecule has 4 nitrogen and oxygen atoms in total. The van der Waals surface area contributed by atoms with Crippen LogP contribution in [0.4, 0.5) is 0 Å². The zero-order valence-corrected chi connectivity index (χ0v) is 15.7. The predicted octanol–water partition coefficient (Wildman–Crippen LogP) is 4.53. The van der Waals surface area contributed by atoms with Gasteiger partial charge in [0.2, 0.25) is 0 Å². The van der Waals surface area contributed by atoms with Crippen LogP contribution in [0.5, 0.6) is 11.5 Å². The van der Waals surface area contributed by atoms with Crippen molar-refractivity contribution in [1.29, 1.82) is 0 Å². The second-order valence-electron chi connectivity index (χ2n) is 5.53. The van der Waals surface area contributed by atoms with Gasteiger partial charge in [0, 0.05) is 0 Å². The van der Waals surface area contributed by atoms with Crippen LogP contribution >= 0.6 is 24.0 Å². The van der Waals surface area contributed by atoms with E-state index in [2.05, 4.69) is 12.2 Å². The normalized spacial score (nSPS) is 15.7. The number of nitrogens with one attached hydrogen (secondary N) is 1. The van der Waals surface area contributed by atoms with Gasteiger partial charge in [-0.05, 0) is 30.2 Å². The van der Waals surface area contributed by atoms with Crippen molar-refractivity contribution < 1.29 is 14.3 Å². The fourth-order valence-electron chi connectivity index (χ4n) is 2.35. The van der Waals surface area contributed by atoms with E-state index >= 15 is 0 Å². The van der Waals surface area contributed by atoms with Crippen molar-refractivity contribution in [2.45, 2.75) is 39.0 Å². The van der Waals surface area contributed by atoms with E-state index in [9.17, 15) is 4.79 Å². The molecule has 0 radical (unpaired) electrons. The zero-order chi connectivity index (χ0) is 17.4. The minimum absolute atomic E-state index is 0.156. The number of rotatable bonds is 9. The van der Waals surface area contributed by atoms with Crippen LogP contribution < -0.4 is 14.8 Å². The van der Waals surface area contributed by atoms with Crippen LogP contribution in [-0.4, -0.2) is 23.9 Å². The molecule has 24 heavy (non-hydrogen) atoms. The van der Waals surface area contributed by atoms with Crippen LogP contribution in [0.15, 0.2) is 23.1 Å². The molecule has 1 aliphatic heterocycles. The number of hydrogen-bond acceptors (Lipinski definition) is 5. The molecule has 1 aromatic rings. The molecule has 130 valence electrons. The SMILES string of the molecule is CCCCCCCOc1ccc(C=C2SC(=S)NC2=O)cc1OC. The van der Waals surface area contributed by atoms with Crippen LogP contribution in [0.25, 0.3) is 6.08 Å². The highest BCUT2D eigenvalue weighted by atomic mass is 32.2. The lowest BCUT2D eigenvalue weighted by Gasteiger charge is -2.11. The lowest BCUT2D eigenvalue weighted by Crippen LogP contribution is -2.17. The van der Waals surface area contributed by atoms with Gasteiger partial charge in [-0.3, -0.25) is 4.79 Å². The molecule has 6 heteroatoms. The van der Waals surface area contributed by atoms with Gasteiger partial charge in [0.05, 0.1) is 18.6 Å². The summed E-state index contributed by atoms with van der Waals surface area (Å²) in [4.78, 5) is 12.3. The van der Waals surface area contributed by atoms with Gasteiger partial charge in [-0.2, -0.15) is 0 Å². The van der Waals surface area contributed by atoms with Crippen molar-refractivity contribution in [1.82, 2.24) is 5.32 Å². The van der Waals surface area contributed by atoms with Crippen LogP contribution in [0, 0.1) is 0 Å². The van der Waals surface area contributed by atoms with Crippen LogP contribution in [0.1, 0.15) is 44.6 Å². The van der Waals surface area contributed by atoms with E-state index in [1.54, 1.807) is 13.2 Å². The quantitative estimate of drug-likeness (QED) is 0.396. The first-order chi connectivity index (χ1) is 11.6. The highest BCUT2D eigenvalue weighted by Crippen LogP contribution is 2.31. The number of carbonyl (C=O) groups excluding carboxylic acids is 1. The third kappa shape index (κ3) is 5.53. The fraction of sp³-hybridized carbons (Fsp3) is 0.444. The Morgan fingerprint density at radius 1 is 1.21 bits per heavy atom. The fourth-order valence-corrected chi connectivity index (χ4v) is 3.40. The minimum Gasteiger partial charge on any atom is -0.493 e. The molecule has 2 rings (SSSR count). The molecule has 0 spiro atoms. The molecule has 1 N–H and O–H groups in total. The average molecular weight is 366 g/mol. The second kappa shape index (κ2) is 9.69. The van der Waals surface area contributed by atoms with Crippen LogP contribution in [0.3, 0.4) is 0 Å².